The third-order valence-electron chi connectivity index (χ3n) is 17.0. The van der Waals surface area contributed by atoms with Gasteiger partial charge in [-0.3, -0.25) is 34.6 Å². The lowest BCUT2D eigenvalue weighted by Crippen LogP contribution is -2.66. The third kappa shape index (κ3) is 33.4. The number of esters is 1. The van der Waals surface area contributed by atoms with Crippen LogP contribution in [0.3, 0.4) is 0 Å². The van der Waals surface area contributed by atoms with Crippen molar-refractivity contribution in [2.75, 3.05) is 72.5 Å². The topological polar surface area (TPSA) is 435 Å². The van der Waals surface area contributed by atoms with Crippen molar-refractivity contribution in [2.45, 2.75) is 222 Å². The van der Waals surface area contributed by atoms with Crippen LogP contribution >= 0.6 is 0 Å². The smallest absolute Gasteiger partial charge is 0.311 e. The highest BCUT2D eigenvalue weighted by Crippen LogP contribution is 2.39. The highest BCUT2D eigenvalue weighted by Gasteiger charge is 2.51. The second-order valence-electron chi connectivity index (χ2n) is 26.1. The number of rotatable bonds is 50. The van der Waals surface area contributed by atoms with Gasteiger partial charge in [0.05, 0.1) is 143 Å². The van der Waals surface area contributed by atoms with Gasteiger partial charge < -0.3 is 100 Å². The SMILES string of the molecule is C=C/C=C/C=C/C=C/C=C/[C@H](C)[C@@H](O)[C@H](C)[C@@H](C)OC(=O)C[C@H](O)C[C@H](O)CC[C@@H](O)[C@H](O)C[C@H](O)C[C@]1(O)C[C@H](O)[C@@H](C(=O)O)[C@H](C[C@H](/C=C/C=C/C)O[C@@H]2CC(C)[C@@H](O)C(NC(C)(C)C(=O)COCCOCCNC(=O)CNC(C)(C)C(=O)COCCOCCN)C2O)O1. The van der Waals surface area contributed by atoms with Crippen LogP contribution in [0.2, 0.25) is 0 Å². The molecule has 1 saturated carbocycles. The Morgan fingerprint density at radius 1 is 0.729 bits per heavy atom. The van der Waals surface area contributed by atoms with Gasteiger partial charge >= 0.3 is 11.9 Å². The Labute approximate surface area is 566 Å². The average Bonchev–Trinajstić information content (AvgIpc) is 0.795. The number of amides is 1. The summed E-state index contributed by atoms with van der Waals surface area (Å²) in [6.45, 7) is 19.7. The van der Waals surface area contributed by atoms with E-state index in [1.54, 1.807) is 97.9 Å². The molecule has 1 heterocycles. The van der Waals surface area contributed by atoms with Crippen LogP contribution in [-0.2, 0) is 57.1 Å². The molecule has 96 heavy (non-hydrogen) atoms. The minimum atomic E-state index is -2.37. The summed E-state index contributed by atoms with van der Waals surface area (Å²) in [5, 5.41) is 131. The molecule has 1 aliphatic carbocycles. The van der Waals surface area contributed by atoms with Crippen molar-refractivity contribution < 1.29 is 113 Å². The molecule has 0 radical (unpaired) electrons. The standard InChI is InChI=1S/C69H116N4O23/c1-11-13-15-16-17-18-19-21-22-44(3)63(84)46(5)47(6)94-60(83)37-49(75)35-48(74)24-25-52(77)53(78)36-50(76)39-69(89)40-54(79)61(66(87)88)55(96-69)38-51(23-20-14-12-2)95-56-34-45(4)64(85)62(65(56)86)73-68(9,10)58(81)43-93-33-31-91-29-27-71-59(82)41-72-67(7,8)57(80)42-92-32-30-90-28-26-70/h11-23,44-56,61-65,72-79,84-86,89H,1,24-43,70H2,2-10H3,(H,71,82)(H,87,88)/b14-12+,15-13+,17-16+,19-18+,22-21+,23-20+/t44-,45?,46+,47+,48+,49+,50-,51-,52+,53+,54-,55-,56+,61+,62?,63+,64+,65?,69+/m0/s1. The van der Waals surface area contributed by atoms with Crippen LogP contribution < -0.4 is 21.7 Å². The molecule has 1 saturated heterocycles. The summed E-state index contributed by atoms with van der Waals surface area (Å²) in [7, 11) is 0. The molecule has 1 aliphatic heterocycles. The Hall–Kier alpha value is -4.83. The van der Waals surface area contributed by atoms with Gasteiger partial charge in [0, 0.05) is 50.6 Å². The average molecular weight is 1370 g/mol. The number of aliphatic carboxylic acids is 1. The zero-order chi connectivity index (χ0) is 72.2. The molecule has 0 aromatic rings. The van der Waals surface area contributed by atoms with Crippen LogP contribution in [0.1, 0.15) is 120 Å². The van der Waals surface area contributed by atoms with Crippen molar-refractivity contribution in [1.29, 1.82) is 0 Å². The highest BCUT2D eigenvalue weighted by atomic mass is 16.6. The predicted molar refractivity (Wildman–Crippen MR) is 357 cm³/mol. The van der Waals surface area contributed by atoms with E-state index >= 15 is 0 Å². The second-order valence-corrected chi connectivity index (χ2v) is 26.1. The molecule has 2 aliphatic rings. The molecule has 1 amide bonds. The van der Waals surface area contributed by atoms with Crippen LogP contribution in [-0.4, -0.2) is 260 Å². The Morgan fingerprint density at radius 2 is 1.32 bits per heavy atom. The van der Waals surface area contributed by atoms with Crippen LogP contribution in [0.15, 0.2) is 85.6 Å². The number of Topliss-reactive ketones (excluding diaryl/α,β-unsaturated/α-hetero) is 2. The van der Waals surface area contributed by atoms with Gasteiger partial charge in [-0.25, -0.2) is 0 Å². The van der Waals surface area contributed by atoms with Crippen molar-refractivity contribution in [3.63, 3.8) is 0 Å². The molecular formula is C69H116N4O23. The normalized spacial score (nSPS) is 25.5. The number of aliphatic hydroxyl groups excluding tert-OH is 9. The number of ether oxygens (including phenoxy) is 7. The summed E-state index contributed by atoms with van der Waals surface area (Å²) >= 11 is 0. The van der Waals surface area contributed by atoms with Gasteiger partial charge in [0.1, 0.15) is 25.2 Å². The van der Waals surface area contributed by atoms with E-state index in [4.69, 9.17) is 38.9 Å². The molecule has 27 nitrogen and oxygen atoms in total. The van der Waals surface area contributed by atoms with Crippen molar-refractivity contribution in [1.82, 2.24) is 16.0 Å². The van der Waals surface area contributed by atoms with Gasteiger partial charge in [-0.15, -0.1) is 0 Å². The summed E-state index contributed by atoms with van der Waals surface area (Å²) in [5.74, 6) is -8.52. The first-order valence-electron chi connectivity index (χ1n) is 33.3. The van der Waals surface area contributed by atoms with E-state index in [1.807, 2.05) is 43.4 Å². The van der Waals surface area contributed by atoms with Gasteiger partial charge in [0.15, 0.2) is 17.4 Å². The van der Waals surface area contributed by atoms with Crippen LogP contribution in [0.5, 0.6) is 0 Å². The summed E-state index contributed by atoms with van der Waals surface area (Å²) < 4.78 is 39.7. The van der Waals surface area contributed by atoms with Crippen LogP contribution in [0, 0.1) is 23.7 Å². The van der Waals surface area contributed by atoms with E-state index in [0.717, 1.165) is 0 Å². The van der Waals surface area contributed by atoms with Gasteiger partial charge in [-0.05, 0) is 73.1 Å². The number of nitrogens with one attached hydrogen (secondary N) is 3. The van der Waals surface area contributed by atoms with E-state index in [2.05, 4.69) is 22.5 Å². The monoisotopic (exact) mass is 1370 g/mol. The molecule has 0 aromatic heterocycles. The lowest BCUT2D eigenvalue weighted by Gasteiger charge is -2.46. The Bertz CT molecular complexity index is 2480. The van der Waals surface area contributed by atoms with Gasteiger partial charge in [-0.1, -0.05) is 106 Å². The number of ketones is 2. The van der Waals surface area contributed by atoms with Gasteiger partial charge in [0.25, 0.3) is 0 Å². The number of hydrogen-bond acceptors (Lipinski definition) is 25. The van der Waals surface area contributed by atoms with Crippen molar-refractivity contribution in [2.24, 2.45) is 29.4 Å². The highest BCUT2D eigenvalue weighted by molar-refractivity contribution is 5.90. The number of carbonyl (C=O) groups excluding carboxylic acids is 4. The lowest BCUT2D eigenvalue weighted by molar-refractivity contribution is -0.301. The molecule has 2 rings (SSSR count). The minimum absolute atomic E-state index is 0.0168. The first-order valence-corrected chi connectivity index (χ1v) is 33.3. The maximum absolute atomic E-state index is 13.6. The fourth-order valence-electron chi connectivity index (χ4n) is 10.9. The Kier molecular flexibility index (Phi) is 41.6. The number of allylic oxidation sites excluding steroid dienone is 11. The zero-order valence-corrected chi connectivity index (χ0v) is 57.6. The molecule has 0 spiro atoms. The number of hydrogen-bond donors (Lipinski definition) is 15. The molecule has 0 bridgehead atoms. The molecule has 27 heteroatoms. The van der Waals surface area contributed by atoms with Crippen molar-refractivity contribution in [3.8, 4) is 0 Å². The molecule has 550 valence electrons. The Balaban J connectivity index is 1.96. The molecular weight excluding hydrogens is 1250 g/mol. The molecule has 19 atom stereocenters. The zero-order valence-electron chi connectivity index (χ0n) is 57.6. The maximum Gasteiger partial charge on any atom is 0.311 e. The fourth-order valence-corrected chi connectivity index (χ4v) is 10.9. The van der Waals surface area contributed by atoms with E-state index in [9.17, 15) is 80.1 Å². The van der Waals surface area contributed by atoms with Gasteiger partial charge in [-0.2, -0.15) is 0 Å². The Morgan fingerprint density at radius 3 is 1.94 bits per heavy atom. The largest absolute Gasteiger partial charge is 0.481 e. The first kappa shape index (κ1) is 87.3. The quantitative estimate of drug-likeness (QED) is 0.0230. The van der Waals surface area contributed by atoms with Gasteiger partial charge in [0.2, 0.25) is 5.91 Å². The summed E-state index contributed by atoms with van der Waals surface area (Å²) in [5.41, 5.74) is 2.98. The molecule has 16 N–H and O–H groups in total. The number of aliphatic hydroxyl groups is 10. The number of carboxylic acids is 1. The molecule has 3 unspecified atom stereocenters. The van der Waals surface area contributed by atoms with E-state index in [0.29, 0.717) is 19.8 Å². The van der Waals surface area contributed by atoms with Crippen molar-refractivity contribution in [3.05, 3.63) is 85.6 Å². The second kappa shape index (κ2) is 45.8. The van der Waals surface area contributed by atoms with Crippen LogP contribution in [0.25, 0.3) is 0 Å². The van der Waals surface area contributed by atoms with E-state index in [-0.39, 0.29) is 102 Å². The summed E-state index contributed by atoms with van der Waals surface area (Å²) in [6, 6.07) is -1.13. The molecule has 0 aromatic carbocycles. The van der Waals surface area contributed by atoms with E-state index in [1.165, 1.54) is 0 Å². The van der Waals surface area contributed by atoms with E-state index < -0.39 is 163 Å². The summed E-state index contributed by atoms with van der Waals surface area (Å²) in [4.78, 5) is 64.0. The number of carboxylic acid groups (broad SMARTS) is 1. The number of nitrogens with two attached hydrogens (primary N) is 1. The van der Waals surface area contributed by atoms with Crippen molar-refractivity contribution >= 4 is 29.4 Å². The lowest BCUT2D eigenvalue weighted by atomic mass is 9.78. The first-order chi connectivity index (χ1) is 45.2. The summed E-state index contributed by atoms with van der Waals surface area (Å²) in [6.07, 6.45) is 2.76. The predicted octanol–water partition coefficient (Wildman–Crippen LogP) is 1.07. The van der Waals surface area contributed by atoms with Crippen LogP contribution in [0.4, 0.5) is 0 Å². The maximum atomic E-state index is 13.6. The fraction of sp³-hybridized carbons (Fsp3) is 0.725. The minimum Gasteiger partial charge on any atom is -0.481 e. The third-order valence-corrected chi connectivity index (χ3v) is 17.0. The molecule has 2 fully saturated rings. The number of carbonyl (C=O) groups is 5.